The van der Waals surface area contributed by atoms with Crippen LogP contribution in [0.5, 0.6) is 0 Å². The summed E-state index contributed by atoms with van der Waals surface area (Å²) in [6.45, 7) is 4.01. The standard InChI is InChI=1S/C26H30O3/c1-18-22-6-5-7-23(27)25(22,2)17-21(24(18)28)16-20-10-8-19(9-11-20)12-15-26(29)13-3-4-14-26/h8-11,16,23,27,29H,3-7,13-14,17H2,1-2H3/b21-16+/t23-,25-/m0/s1. The Bertz CT molecular complexity index is 932. The van der Waals surface area contributed by atoms with E-state index in [-0.39, 0.29) is 11.2 Å². The van der Waals surface area contributed by atoms with Crippen LogP contribution in [0.1, 0.15) is 76.3 Å². The van der Waals surface area contributed by atoms with Gasteiger partial charge in [0.05, 0.1) is 6.10 Å². The van der Waals surface area contributed by atoms with Crippen LogP contribution in [0.15, 0.2) is 41.0 Å². The number of allylic oxidation sites excluding steroid dienone is 2. The normalized spacial score (nSPS) is 30.1. The third-order valence-corrected chi connectivity index (χ3v) is 7.09. The Morgan fingerprint density at radius 1 is 1.14 bits per heavy atom. The predicted molar refractivity (Wildman–Crippen MR) is 115 cm³/mol. The van der Waals surface area contributed by atoms with Gasteiger partial charge in [0.1, 0.15) is 5.60 Å². The second-order valence-corrected chi connectivity index (χ2v) is 9.22. The van der Waals surface area contributed by atoms with Crippen molar-refractivity contribution in [2.75, 3.05) is 0 Å². The lowest BCUT2D eigenvalue weighted by Gasteiger charge is -2.45. The molecule has 2 N–H and O–H groups in total. The van der Waals surface area contributed by atoms with Crippen LogP contribution in [0.25, 0.3) is 6.08 Å². The van der Waals surface area contributed by atoms with Crippen LogP contribution in [0, 0.1) is 17.3 Å². The second-order valence-electron chi connectivity index (χ2n) is 9.22. The fourth-order valence-corrected chi connectivity index (χ4v) is 5.23. The van der Waals surface area contributed by atoms with Gasteiger partial charge in [-0.15, -0.1) is 0 Å². The lowest BCUT2D eigenvalue weighted by molar-refractivity contribution is -0.113. The SMILES string of the molecule is CC1=C2CCC[C@H](O)[C@@]2(C)C/C(=C\c2ccc(C#CC3(O)CCCC3)cc2)C1=O. The van der Waals surface area contributed by atoms with Crippen molar-refractivity contribution >= 4 is 11.9 Å². The molecule has 3 aliphatic rings. The number of ketones is 1. The molecular formula is C26H30O3. The smallest absolute Gasteiger partial charge is 0.184 e. The Morgan fingerprint density at radius 3 is 2.52 bits per heavy atom. The molecule has 3 heteroatoms. The lowest BCUT2D eigenvalue weighted by atomic mass is 9.61. The van der Waals surface area contributed by atoms with Gasteiger partial charge >= 0.3 is 0 Å². The molecule has 0 heterocycles. The molecular weight excluding hydrogens is 360 g/mol. The Hall–Kier alpha value is -2.15. The number of rotatable bonds is 1. The zero-order valence-electron chi connectivity index (χ0n) is 17.4. The van der Waals surface area contributed by atoms with Crippen LogP contribution in [0.3, 0.4) is 0 Å². The highest BCUT2D eigenvalue weighted by Crippen LogP contribution is 2.50. The summed E-state index contributed by atoms with van der Waals surface area (Å²) in [6, 6.07) is 7.82. The largest absolute Gasteiger partial charge is 0.392 e. The van der Waals surface area contributed by atoms with Crippen LogP contribution in [-0.4, -0.2) is 27.7 Å². The maximum Gasteiger partial charge on any atom is 0.184 e. The monoisotopic (exact) mass is 390 g/mol. The van der Waals surface area contributed by atoms with Crippen LogP contribution >= 0.6 is 0 Å². The Labute approximate surface area is 173 Å². The first kappa shape index (κ1) is 20.1. The van der Waals surface area contributed by atoms with E-state index in [0.29, 0.717) is 6.42 Å². The van der Waals surface area contributed by atoms with Gasteiger partial charge < -0.3 is 10.2 Å². The highest BCUT2D eigenvalue weighted by molar-refractivity contribution is 6.12. The Morgan fingerprint density at radius 2 is 1.83 bits per heavy atom. The first-order valence-corrected chi connectivity index (χ1v) is 10.8. The molecule has 1 aromatic rings. The molecule has 2 saturated carbocycles. The quantitative estimate of drug-likeness (QED) is 0.546. The van der Waals surface area contributed by atoms with Gasteiger partial charge in [-0.3, -0.25) is 4.79 Å². The zero-order valence-corrected chi connectivity index (χ0v) is 17.4. The van der Waals surface area contributed by atoms with Crippen LogP contribution in [-0.2, 0) is 4.79 Å². The molecule has 0 radical (unpaired) electrons. The molecule has 0 aromatic heterocycles. The number of hydrogen-bond donors (Lipinski definition) is 2. The average Bonchev–Trinajstić information content (AvgIpc) is 3.14. The molecule has 3 aliphatic carbocycles. The highest BCUT2D eigenvalue weighted by Gasteiger charge is 2.45. The maximum absolute atomic E-state index is 12.9. The number of carbonyl (C=O) groups excluding carboxylic acids is 1. The van der Waals surface area contributed by atoms with Gasteiger partial charge in [-0.25, -0.2) is 0 Å². The van der Waals surface area contributed by atoms with Crippen molar-refractivity contribution in [2.45, 2.75) is 76.9 Å². The fourth-order valence-electron chi connectivity index (χ4n) is 5.23. The van der Waals surface area contributed by atoms with Gasteiger partial charge in [-0.1, -0.05) is 36.5 Å². The van der Waals surface area contributed by atoms with Gasteiger partial charge in [-0.05, 0) is 87.6 Å². The molecule has 152 valence electrons. The summed E-state index contributed by atoms with van der Waals surface area (Å²) in [4.78, 5) is 12.9. The predicted octanol–water partition coefficient (Wildman–Crippen LogP) is 4.57. The van der Waals surface area contributed by atoms with Crippen molar-refractivity contribution in [1.82, 2.24) is 0 Å². The summed E-state index contributed by atoms with van der Waals surface area (Å²) >= 11 is 0. The Balaban J connectivity index is 1.57. The lowest BCUT2D eigenvalue weighted by Crippen LogP contribution is -2.42. The second kappa shape index (κ2) is 7.59. The number of aliphatic hydroxyl groups excluding tert-OH is 1. The molecule has 0 aliphatic heterocycles. The molecule has 0 bridgehead atoms. The van der Waals surface area contributed by atoms with Gasteiger partial charge in [0.2, 0.25) is 0 Å². The Kier molecular flexibility index (Phi) is 5.27. The van der Waals surface area contributed by atoms with Gasteiger partial charge in [0.25, 0.3) is 0 Å². The number of fused-ring (bicyclic) bond motifs is 1. The van der Waals surface area contributed by atoms with Crippen LogP contribution in [0.2, 0.25) is 0 Å². The molecule has 0 saturated heterocycles. The highest BCUT2D eigenvalue weighted by atomic mass is 16.3. The molecule has 3 nitrogen and oxygen atoms in total. The fraction of sp³-hybridized carbons (Fsp3) is 0.500. The first-order chi connectivity index (χ1) is 13.8. The molecule has 0 amide bonds. The average molecular weight is 391 g/mol. The number of carbonyl (C=O) groups is 1. The summed E-state index contributed by atoms with van der Waals surface area (Å²) in [5.41, 5.74) is 3.41. The van der Waals surface area contributed by atoms with E-state index in [9.17, 15) is 15.0 Å². The first-order valence-electron chi connectivity index (χ1n) is 10.8. The molecule has 29 heavy (non-hydrogen) atoms. The molecule has 0 spiro atoms. The maximum atomic E-state index is 12.9. The van der Waals surface area contributed by atoms with Crippen LogP contribution < -0.4 is 0 Å². The van der Waals surface area contributed by atoms with Gasteiger partial charge in [0, 0.05) is 16.6 Å². The van der Waals surface area contributed by atoms with Gasteiger partial charge in [-0.2, -0.15) is 0 Å². The molecule has 2 fully saturated rings. The van der Waals surface area contributed by atoms with Crippen molar-refractivity contribution in [3.05, 3.63) is 52.1 Å². The van der Waals surface area contributed by atoms with E-state index in [4.69, 9.17) is 0 Å². The van der Waals surface area contributed by atoms with E-state index < -0.39 is 11.7 Å². The van der Waals surface area contributed by atoms with Crippen LogP contribution in [0.4, 0.5) is 0 Å². The van der Waals surface area contributed by atoms with Crippen molar-refractivity contribution in [3.8, 4) is 11.8 Å². The summed E-state index contributed by atoms with van der Waals surface area (Å²) in [5.74, 6) is 6.24. The number of Topliss-reactive ketones (excluding diaryl/α,β-unsaturated/α-hetero) is 1. The van der Waals surface area contributed by atoms with E-state index in [1.54, 1.807) is 0 Å². The van der Waals surface area contributed by atoms with E-state index in [1.165, 1.54) is 0 Å². The summed E-state index contributed by atoms with van der Waals surface area (Å²) in [7, 11) is 0. The van der Waals surface area contributed by atoms with E-state index >= 15 is 0 Å². The number of aliphatic hydroxyl groups is 2. The minimum Gasteiger partial charge on any atom is -0.392 e. The summed E-state index contributed by atoms with van der Waals surface area (Å²) < 4.78 is 0. The number of benzene rings is 1. The molecule has 1 aromatic carbocycles. The van der Waals surface area contributed by atoms with E-state index in [2.05, 4.69) is 18.8 Å². The van der Waals surface area contributed by atoms with E-state index in [1.807, 2.05) is 37.3 Å². The third kappa shape index (κ3) is 3.84. The third-order valence-electron chi connectivity index (χ3n) is 7.09. The van der Waals surface area contributed by atoms with E-state index in [0.717, 1.165) is 72.8 Å². The molecule has 4 rings (SSSR count). The summed E-state index contributed by atoms with van der Waals surface area (Å²) in [6.07, 6.45) is 8.41. The zero-order chi connectivity index (χ0) is 20.6. The molecule has 2 atom stereocenters. The number of hydrogen-bond acceptors (Lipinski definition) is 3. The minimum absolute atomic E-state index is 0.110. The van der Waals surface area contributed by atoms with Gasteiger partial charge in [0.15, 0.2) is 5.78 Å². The summed E-state index contributed by atoms with van der Waals surface area (Å²) in [5, 5.41) is 21.0. The minimum atomic E-state index is -0.826. The van der Waals surface area contributed by atoms with Crippen molar-refractivity contribution in [1.29, 1.82) is 0 Å². The topological polar surface area (TPSA) is 57.5 Å². The molecule has 0 unspecified atom stereocenters. The van der Waals surface area contributed by atoms with Crippen molar-refractivity contribution < 1.29 is 15.0 Å². The van der Waals surface area contributed by atoms with Crippen molar-refractivity contribution in [2.24, 2.45) is 5.41 Å². The van der Waals surface area contributed by atoms with Crippen molar-refractivity contribution in [3.63, 3.8) is 0 Å².